The van der Waals surface area contributed by atoms with E-state index in [-0.39, 0.29) is 0 Å². The minimum atomic E-state index is 0.851. The van der Waals surface area contributed by atoms with Crippen molar-refractivity contribution in [3.05, 3.63) is 194 Å². The van der Waals surface area contributed by atoms with Gasteiger partial charge in [0.2, 0.25) is 0 Å². The SMILES string of the molecule is c1ccc(-c2ccc(N(c3ccccc3)c3cccc4oc5ccc(N(c6ccccc6)c6ccc7c(c6)sc6ccccc67)cc5c34)cc2)cc1. The van der Waals surface area contributed by atoms with Crippen LogP contribution in [0.1, 0.15) is 0 Å². The number of hydrogen-bond acceptors (Lipinski definition) is 4. The lowest BCUT2D eigenvalue weighted by Gasteiger charge is -2.27. The van der Waals surface area contributed by atoms with Crippen molar-refractivity contribution in [2.45, 2.75) is 0 Å². The second kappa shape index (κ2) is 12.6. The van der Waals surface area contributed by atoms with Crippen molar-refractivity contribution in [1.82, 2.24) is 0 Å². The molecule has 0 radical (unpaired) electrons. The highest BCUT2D eigenvalue weighted by Crippen LogP contribution is 2.46. The molecule has 0 amide bonds. The minimum Gasteiger partial charge on any atom is -0.456 e. The van der Waals surface area contributed by atoms with Crippen LogP contribution in [0.2, 0.25) is 0 Å². The summed E-state index contributed by atoms with van der Waals surface area (Å²) >= 11 is 1.84. The molecule has 0 N–H and O–H groups in total. The zero-order valence-electron chi connectivity index (χ0n) is 28.2. The molecule has 3 nitrogen and oxygen atoms in total. The van der Waals surface area contributed by atoms with Gasteiger partial charge in [0, 0.05) is 54.0 Å². The van der Waals surface area contributed by atoms with Gasteiger partial charge >= 0.3 is 0 Å². The summed E-state index contributed by atoms with van der Waals surface area (Å²) in [7, 11) is 0. The normalized spacial score (nSPS) is 11.5. The van der Waals surface area contributed by atoms with Gasteiger partial charge in [-0.25, -0.2) is 0 Å². The quantitative estimate of drug-likeness (QED) is 0.167. The molecule has 0 spiro atoms. The van der Waals surface area contributed by atoms with E-state index in [1.807, 2.05) is 11.3 Å². The molecule has 0 aliphatic carbocycles. The summed E-state index contributed by atoms with van der Waals surface area (Å²) in [6.07, 6.45) is 0. The van der Waals surface area contributed by atoms with E-state index in [1.54, 1.807) is 0 Å². The molecule has 246 valence electrons. The maximum absolute atomic E-state index is 6.59. The molecule has 0 bridgehead atoms. The highest BCUT2D eigenvalue weighted by atomic mass is 32.1. The molecular weight excluding hydrogens is 653 g/mol. The van der Waals surface area contributed by atoms with E-state index in [0.717, 1.165) is 56.1 Å². The Balaban J connectivity index is 1.15. The third-order valence-electron chi connectivity index (χ3n) is 9.84. The lowest BCUT2D eigenvalue weighted by molar-refractivity contribution is 0.669. The average molecular weight is 685 g/mol. The third kappa shape index (κ3) is 5.20. The van der Waals surface area contributed by atoms with E-state index in [9.17, 15) is 0 Å². The first-order chi connectivity index (χ1) is 25.8. The summed E-state index contributed by atoms with van der Waals surface area (Å²) in [5.74, 6) is 0. The molecule has 8 aromatic carbocycles. The fourth-order valence-corrected chi connectivity index (χ4v) is 8.58. The summed E-state index contributed by atoms with van der Waals surface area (Å²) < 4.78 is 9.16. The standard InChI is InChI=1S/C48H32N2OS/c1-4-13-33(14-5-1)34-23-25-37(26-24-34)50(36-17-8-3-9-18-36)43-20-12-21-45-48(43)42-31-38(28-30-44(42)51-45)49(35-15-6-2-7-16-35)39-27-29-41-40-19-10-11-22-46(40)52-47(41)32-39/h1-32H. The molecular formula is C48H32N2OS. The molecule has 0 aliphatic heterocycles. The van der Waals surface area contributed by atoms with Crippen LogP contribution in [0.4, 0.5) is 34.1 Å². The monoisotopic (exact) mass is 684 g/mol. The summed E-state index contributed by atoms with van der Waals surface area (Å²) in [6, 6.07) is 69.0. The molecule has 0 atom stereocenters. The van der Waals surface area contributed by atoms with Crippen molar-refractivity contribution in [2.24, 2.45) is 0 Å². The molecule has 0 saturated heterocycles. The summed E-state index contributed by atoms with van der Waals surface area (Å²) in [6.45, 7) is 0. The van der Waals surface area contributed by atoms with Gasteiger partial charge in [0.15, 0.2) is 0 Å². The first-order valence-corrected chi connectivity index (χ1v) is 18.3. The van der Waals surface area contributed by atoms with Gasteiger partial charge in [0.25, 0.3) is 0 Å². The fourth-order valence-electron chi connectivity index (χ4n) is 7.44. The zero-order valence-corrected chi connectivity index (χ0v) is 29.0. The fraction of sp³-hybridized carbons (Fsp3) is 0. The van der Waals surface area contributed by atoms with Crippen LogP contribution < -0.4 is 9.80 Å². The van der Waals surface area contributed by atoms with Crippen molar-refractivity contribution in [1.29, 1.82) is 0 Å². The molecule has 52 heavy (non-hydrogen) atoms. The summed E-state index contributed by atoms with van der Waals surface area (Å²) in [5, 5.41) is 4.73. The highest BCUT2D eigenvalue weighted by molar-refractivity contribution is 7.25. The average Bonchev–Trinajstić information content (AvgIpc) is 3.78. The first kappa shape index (κ1) is 30.2. The lowest BCUT2D eigenvalue weighted by atomic mass is 10.0. The van der Waals surface area contributed by atoms with Gasteiger partial charge in [-0.3, -0.25) is 0 Å². The van der Waals surface area contributed by atoms with Gasteiger partial charge in [0.1, 0.15) is 11.2 Å². The molecule has 0 unspecified atom stereocenters. The number of thiophene rings is 1. The Bertz CT molecular complexity index is 2840. The molecule has 4 heteroatoms. The second-order valence-corrected chi connectivity index (χ2v) is 14.1. The highest BCUT2D eigenvalue weighted by Gasteiger charge is 2.21. The van der Waals surface area contributed by atoms with Crippen LogP contribution >= 0.6 is 11.3 Å². The number of hydrogen-bond donors (Lipinski definition) is 0. The Morgan fingerprint density at radius 2 is 0.923 bits per heavy atom. The summed E-state index contributed by atoms with van der Waals surface area (Å²) in [5.41, 5.74) is 10.6. The molecule has 10 aromatic rings. The van der Waals surface area contributed by atoms with Gasteiger partial charge in [0.05, 0.1) is 11.1 Å². The topological polar surface area (TPSA) is 19.6 Å². The Hall–Kier alpha value is -6.62. The van der Waals surface area contributed by atoms with Crippen LogP contribution in [-0.2, 0) is 0 Å². The van der Waals surface area contributed by atoms with Crippen LogP contribution in [0.5, 0.6) is 0 Å². The van der Waals surface area contributed by atoms with E-state index >= 15 is 0 Å². The third-order valence-corrected chi connectivity index (χ3v) is 11.0. The van der Waals surface area contributed by atoms with Crippen molar-refractivity contribution < 1.29 is 4.42 Å². The van der Waals surface area contributed by atoms with Gasteiger partial charge in [-0.15, -0.1) is 11.3 Å². The van der Waals surface area contributed by atoms with Crippen LogP contribution in [0.25, 0.3) is 53.2 Å². The Morgan fingerprint density at radius 1 is 0.346 bits per heavy atom. The maximum atomic E-state index is 6.59. The van der Waals surface area contributed by atoms with E-state index in [1.165, 1.54) is 31.3 Å². The second-order valence-electron chi connectivity index (χ2n) is 13.0. The number of para-hydroxylation sites is 2. The Labute approximate surface area is 305 Å². The van der Waals surface area contributed by atoms with E-state index in [0.29, 0.717) is 0 Å². The number of anilines is 6. The number of benzene rings is 8. The van der Waals surface area contributed by atoms with Gasteiger partial charge in [-0.05, 0) is 96.1 Å². The number of fused-ring (bicyclic) bond motifs is 6. The largest absolute Gasteiger partial charge is 0.456 e. The van der Waals surface area contributed by atoms with Gasteiger partial charge in [-0.2, -0.15) is 0 Å². The van der Waals surface area contributed by atoms with Crippen LogP contribution in [0.3, 0.4) is 0 Å². The predicted octanol–water partition coefficient (Wildman–Crippen LogP) is 14.6. The minimum absolute atomic E-state index is 0.851. The molecule has 0 aliphatic rings. The van der Waals surface area contributed by atoms with Crippen LogP contribution in [0.15, 0.2) is 199 Å². The maximum Gasteiger partial charge on any atom is 0.137 e. The molecule has 2 aromatic heterocycles. The lowest BCUT2D eigenvalue weighted by Crippen LogP contribution is -2.10. The number of rotatable bonds is 7. The van der Waals surface area contributed by atoms with Crippen molar-refractivity contribution >= 4 is 87.6 Å². The molecule has 10 rings (SSSR count). The van der Waals surface area contributed by atoms with Gasteiger partial charge < -0.3 is 14.2 Å². The molecule has 2 heterocycles. The Morgan fingerprint density at radius 3 is 1.69 bits per heavy atom. The van der Waals surface area contributed by atoms with E-state index in [2.05, 4.69) is 204 Å². The van der Waals surface area contributed by atoms with Crippen LogP contribution in [0, 0.1) is 0 Å². The van der Waals surface area contributed by atoms with Gasteiger partial charge in [-0.1, -0.05) is 109 Å². The van der Waals surface area contributed by atoms with E-state index in [4.69, 9.17) is 4.42 Å². The van der Waals surface area contributed by atoms with Crippen molar-refractivity contribution in [3.8, 4) is 11.1 Å². The van der Waals surface area contributed by atoms with Crippen LogP contribution in [-0.4, -0.2) is 0 Å². The Kier molecular flexibility index (Phi) is 7.33. The predicted molar refractivity (Wildman–Crippen MR) is 221 cm³/mol. The van der Waals surface area contributed by atoms with Crippen molar-refractivity contribution in [2.75, 3.05) is 9.80 Å². The van der Waals surface area contributed by atoms with Crippen molar-refractivity contribution in [3.63, 3.8) is 0 Å². The number of nitrogens with zero attached hydrogens (tertiary/aromatic N) is 2. The molecule has 0 saturated carbocycles. The zero-order chi connectivity index (χ0) is 34.4. The first-order valence-electron chi connectivity index (χ1n) is 17.5. The smallest absolute Gasteiger partial charge is 0.137 e. The van der Waals surface area contributed by atoms with E-state index < -0.39 is 0 Å². The summed E-state index contributed by atoms with van der Waals surface area (Å²) in [4.78, 5) is 4.69. The molecule has 0 fully saturated rings. The number of furan rings is 1.